The van der Waals surface area contributed by atoms with E-state index in [4.69, 9.17) is 0 Å². The van der Waals surface area contributed by atoms with Gasteiger partial charge in [-0.25, -0.2) is 0 Å². The molecule has 0 radical (unpaired) electrons. The molecule has 1 heteroatoms. The average Bonchev–Trinajstić information content (AvgIpc) is 1.64. The van der Waals surface area contributed by atoms with Gasteiger partial charge in [0.25, 0.3) is 0 Å². The first-order valence-corrected chi connectivity index (χ1v) is 3.62. The first-order chi connectivity index (χ1) is 3.79. The zero-order valence-electron chi connectivity index (χ0n) is 5.69. The molecule has 8 heavy (non-hydrogen) atoms. The lowest BCUT2D eigenvalue weighted by Gasteiger charge is -2.20. The first kappa shape index (κ1) is 6.09. The summed E-state index contributed by atoms with van der Waals surface area (Å²) in [7, 11) is 0. The zero-order chi connectivity index (χ0) is 5.98. The summed E-state index contributed by atoms with van der Waals surface area (Å²) >= 11 is 0. The fourth-order valence-corrected chi connectivity index (χ4v) is 1.56. The molecule has 2 atom stereocenters. The summed E-state index contributed by atoms with van der Waals surface area (Å²) in [6.07, 6.45) is 5.58. The molecule has 0 bridgehead atoms. The molecule has 0 aromatic heterocycles. The third kappa shape index (κ3) is 1.48. The van der Waals surface area contributed by atoms with Gasteiger partial charge in [0.1, 0.15) is 0 Å². The van der Waals surface area contributed by atoms with Gasteiger partial charge in [-0.15, -0.1) is 0 Å². The molecule has 0 amide bonds. The molecule has 1 nitrogen and oxygen atoms in total. The molecule has 0 aromatic rings. The van der Waals surface area contributed by atoms with Gasteiger partial charge in [0.05, 0.1) is 6.04 Å². The normalized spacial score (nSPS) is 39.8. The van der Waals surface area contributed by atoms with Gasteiger partial charge in [0.2, 0.25) is 0 Å². The van der Waals surface area contributed by atoms with E-state index in [0.717, 1.165) is 12.0 Å². The van der Waals surface area contributed by atoms with E-state index in [0.29, 0.717) is 0 Å². The number of quaternary nitrogens is 1. The maximum absolute atomic E-state index is 4.05. The molecule has 0 aromatic carbocycles. The van der Waals surface area contributed by atoms with Crippen LogP contribution in [-0.2, 0) is 0 Å². The maximum atomic E-state index is 4.05. The summed E-state index contributed by atoms with van der Waals surface area (Å²) in [5.41, 5.74) is 4.05. The van der Waals surface area contributed by atoms with Crippen molar-refractivity contribution in [2.75, 3.05) is 0 Å². The molecular formula is C7H16N+. The van der Waals surface area contributed by atoms with E-state index in [1.54, 1.807) is 0 Å². The Morgan fingerprint density at radius 3 is 2.50 bits per heavy atom. The van der Waals surface area contributed by atoms with Crippen LogP contribution in [0.4, 0.5) is 0 Å². The predicted molar refractivity (Wildman–Crippen MR) is 34.3 cm³/mol. The van der Waals surface area contributed by atoms with Crippen molar-refractivity contribution in [2.24, 2.45) is 5.92 Å². The third-order valence-electron chi connectivity index (χ3n) is 2.04. The van der Waals surface area contributed by atoms with E-state index in [9.17, 15) is 0 Å². The van der Waals surface area contributed by atoms with Crippen LogP contribution in [0.15, 0.2) is 0 Å². The molecule has 0 aliphatic heterocycles. The molecule has 3 N–H and O–H groups in total. The fourth-order valence-electron chi connectivity index (χ4n) is 1.56. The van der Waals surface area contributed by atoms with Crippen LogP contribution in [0.1, 0.15) is 32.6 Å². The second-order valence-corrected chi connectivity index (χ2v) is 3.14. The van der Waals surface area contributed by atoms with E-state index in [2.05, 4.69) is 12.7 Å². The SMILES string of the molecule is C[C@H]1CCC[C@H]([NH3+])C1. The molecule has 0 heterocycles. The maximum Gasteiger partial charge on any atom is 0.0846 e. The van der Waals surface area contributed by atoms with Crippen LogP contribution in [0, 0.1) is 5.92 Å². The molecule has 0 saturated heterocycles. The largest absolute Gasteiger partial charge is 0.355 e. The van der Waals surface area contributed by atoms with Crippen molar-refractivity contribution in [3.05, 3.63) is 0 Å². The summed E-state index contributed by atoms with van der Waals surface area (Å²) < 4.78 is 0. The van der Waals surface area contributed by atoms with Crippen LogP contribution in [0.3, 0.4) is 0 Å². The van der Waals surface area contributed by atoms with Gasteiger partial charge in [-0.1, -0.05) is 13.3 Å². The molecule has 1 fully saturated rings. The topological polar surface area (TPSA) is 27.6 Å². The van der Waals surface area contributed by atoms with E-state index in [1.165, 1.54) is 25.7 Å². The Morgan fingerprint density at radius 1 is 1.38 bits per heavy atom. The van der Waals surface area contributed by atoms with Crippen molar-refractivity contribution in [3.8, 4) is 0 Å². The summed E-state index contributed by atoms with van der Waals surface area (Å²) in [4.78, 5) is 0. The highest BCUT2D eigenvalue weighted by molar-refractivity contribution is 4.66. The number of hydrogen-bond donors (Lipinski definition) is 1. The van der Waals surface area contributed by atoms with Crippen LogP contribution in [0.2, 0.25) is 0 Å². The highest BCUT2D eigenvalue weighted by atomic mass is 14.6. The standard InChI is InChI=1S/C7H15N/c1-6-3-2-4-7(8)5-6/h6-7H,2-5,8H2,1H3/p+1/t6-,7-/m0/s1. The Balaban J connectivity index is 2.23. The molecule has 1 aliphatic rings. The van der Waals surface area contributed by atoms with E-state index < -0.39 is 0 Å². The van der Waals surface area contributed by atoms with Crippen LogP contribution in [0.5, 0.6) is 0 Å². The Bertz CT molecular complexity index is 62.8. The van der Waals surface area contributed by atoms with Crippen molar-refractivity contribution in [1.82, 2.24) is 0 Å². The average molecular weight is 114 g/mol. The lowest BCUT2D eigenvalue weighted by atomic mass is 9.88. The van der Waals surface area contributed by atoms with E-state index in [1.807, 2.05) is 0 Å². The Morgan fingerprint density at radius 2 is 2.12 bits per heavy atom. The quantitative estimate of drug-likeness (QED) is 0.482. The van der Waals surface area contributed by atoms with Gasteiger partial charge in [0.15, 0.2) is 0 Å². The fraction of sp³-hybridized carbons (Fsp3) is 1.00. The molecule has 48 valence electrons. The van der Waals surface area contributed by atoms with Crippen LogP contribution in [-0.4, -0.2) is 6.04 Å². The summed E-state index contributed by atoms with van der Waals surface area (Å²) in [5.74, 6) is 0.950. The minimum Gasteiger partial charge on any atom is -0.355 e. The van der Waals surface area contributed by atoms with Gasteiger partial charge < -0.3 is 5.73 Å². The second-order valence-electron chi connectivity index (χ2n) is 3.14. The lowest BCUT2D eigenvalue weighted by Crippen LogP contribution is -2.62. The van der Waals surface area contributed by atoms with Crippen LogP contribution >= 0.6 is 0 Å². The lowest BCUT2D eigenvalue weighted by molar-refractivity contribution is -0.427. The van der Waals surface area contributed by atoms with Crippen molar-refractivity contribution in [2.45, 2.75) is 38.6 Å². The van der Waals surface area contributed by atoms with E-state index >= 15 is 0 Å². The molecule has 0 spiro atoms. The molecule has 1 rings (SSSR count). The minimum atomic E-state index is 0.763. The van der Waals surface area contributed by atoms with Gasteiger partial charge in [0, 0.05) is 6.42 Å². The molecular weight excluding hydrogens is 98.1 g/mol. The zero-order valence-corrected chi connectivity index (χ0v) is 5.69. The van der Waals surface area contributed by atoms with Crippen LogP contribution < -0.4 is 5.73 Å². The van der Waals surface area contributed by atoms with E-state index in [-0.39, 0.29) is 0 Å². The van der Waals surface area contributed by atoms with Crippen molar-refractivity contribution in [3.63, 3.8) is 0 Å². The molecule has 0 unspecified atom stereocenters. The highest BCUT2D eigenvalue weighted by Gasteiger charge is 2.16. The van der Waals surface area contributed by atoms with Crippen molar-refractivity contribution >= 4 is 0 Å². The highest BCUT2D eigenvalue weighted by Crippen LogP contribution is 2.20. The third-order valence-corrected chi connectivity index (χ3v) is 2.04. The van der Waals surface area contributed by atoms with Crippen molar-refractivity contribution in [1.29, 1.82) is 0 Å². The van der Waals surface area contributed by atoms with Gasteiger partial charge in [-0.3, -0.25) is 0 Å². The Hall–Kier alpha value is -0.0400. The first-order valence-electron chi connectivity index (χ1n) is 3.62. The Labute approximate surface area is 51.3 Å². The minimum absolute atomic E-state index is 0.763. The van der Waals surface area contributed by atoms with Crippen LogP contribution in [0.25, 0.3) is 0 Å². The summed E-state index contributed by atoms with van der Waals surface area (Å²) in [6.45, 7) is 2.33. The van der Waals surface area contributed by atoms with Gasteiger partial charge in [-0.2, -0.15) is 0 Å². The second kappa shape index (κ2) is 2.49. The number of rotatable bonds is 0. The molecule has 1 saturated carbocycles. The van der Waals surface area contributed by atoms with Gasteiger partial charge in [-0.05, 0) is 18.8 Å². The predicted octanol–water partition coefficient (Wildman–Crippen LogP) is 0.807. The smallest absolute Gasteiger partial charge is 0.0846 e. The monoisotopic (exact) mass is 114 g/mol. The summed E-state index contributed by atoms with van der Waals surface area (Å²) in [5, 5.41) is 0. The number of hydrogen-bond acceptors (Lipinski definition) is 0. The van der Waals surface area contributed by atoms with Gasteiger partial charge >= 0.3 is 0 Å². The molecule has 1 aliphatic carbocycles. The summed E-state index contributed by atoms with van der Waals surface area (Å²) in [6, 6.07) is 0.763. The Kier molecular flexibility index (Phi) is 1.90. The van der Waals surface area contributed by atoms with Crippen molar-refractivity contribution < 1.29 is 5.73 Å².